The van der Waals surface area contributed by atoms with Crippen molar-refractivity contribution in [2.24, 2.45) is 0 Å². The first kappa shape index (κ1) is 14.5. The molecule has 1 aromatic heterocycles. The number of thiophene rings is 1. The van der Waals surface area contributed by atoms with Gasteiger partial charge in [0.25, 0.3) is 5.69 Å². The van der Waals surface area contributed by atoms with Gasteiger partial charge in [-0.05, 0) is 38.5 Å². The lowest BCUT2D eigenvalue weighted by Gasteiger charge is -2.16. The zero-order valence-electron chi connectivity index (χ0n) is 11.8. The third kappa shape index (κ3) is 3.36. The van der Waals surface area contributed by atoms with Crippen LogP contribution in [0.15, 0.2) is 30.3 Å². The van der Waals surface area contributed by atoms with E-state index < -0.39 is 0 Å². The molecule has 1 heterocycles. The molecule has 2 rings (SSSR count). The number of nitrogens with one attached hydrogen (secondary N) is 1. The van der Waals surface area contributed by atoms with Crippen LogP contribution in [0.5, 0.6) is 0 Å². The van der Waals surface area contributed by atoms with Gasteiger partial charge < -0.3 is 5.32 Å². The van der Waals surface area contributed by atoms with E-state index in [2.05, 4.69) is 24.4 Å². The van der Waals surface area contributed by atoms with Crippen molar-refractivity contribution in [3.63, 3.8) is 0 Å². The fourth-order valence-electron chi connectivity index (χ4n) is 2.19. The van der Waals surface area contributed by atoms with Gasteiger partial charge in [-0.1, -0.05) is 12.1 Å². The molecule has 0 fully saturated rings. The predicted molar refractivity (Wildman–Crippen MR) is 83.7 cm³/mol. The first-order valence-electron chi connectivity index (χ1n) is 6.53. The van der Waals surface area contributed by atoms with E-state index >= 15 is 0 Å². The van der Waals surface area contributed by atoms with Gasteiger partial charge in [-0.25, -0.2) is 0 Å². The van der Waals surface area contributed by atoms with Gasteiger partial charge in [0.15, 0.2) is 0 Å². The summed E-state index contributed by atoms with van der Waals surface area (Å²) in [5.41, 5.74) is 1.66. The summed E-state index contributed by atoms with van der Waals surface area (Å²) < 4.78 is 0. The Hall–Kier alpha value is -1.88. The summed E-state index contributed by atoms with van der Waals surface area (Å²) in [5.74, 6) is 0. The van der Waals surface area contributed by atoms with Crippen LogP contribution in [0.2, 0.25) is 0 Å². The van der Waals surface area contributed by atoms with Gasteiger partial charge in [0.05, 0.1) is 4.92 Å². The standard InChI is InChI=1S/C15H18N2O2S/c1-10-5-4-6-14(17(18)19)15(10)16-11(2)9-13-8-7-12(3)20-13/h4-8,11,16H,9H2,1-3H3. The lowest BCUT2D eigenvalue weighted by molar-refractivity contribution is -0.384. The maximum Gasteiger partial charge on any atom is 0.292 e. The third-order valence-electron chi connectivity index (χ3n) is 3.14. The number of nitro groups is 1. The van der Waals surface area contributed by atoms with Crippen LogP contribution in [0.4, 0.5) is 11.4 Å². The highest BCUT2D eigenvalue weighted by Crippen LogP contribution is 2.29. The van der Waals surface area contributed by atoms with Crippen LogP contribution >= 0.6 is 11.3 Å². The lowest BCUT2D eigenvalue weighted by atomic mass is 10.1. The van der Waals surface area contributed by atoms with Gasteiger partial charge >= 0.3 is 0 Å². The number of hydrogen-bond donors (Lipinski definition) is 1. The number of nitrogens with zero attached hydrogens (tertiary/aromatic N) is 1. The Balaban J connectivity index is 2.15. The van der Waals surface area contributed by atoms with E-state index in [0.29, 0.717) is 5.69 Å². The third-order valence-corrected chi connectivity index (χ3v) is 4.16. The summed E-state index contributed by atoms with van der Waals surface area (Å²) >= 11 is 1.77. The summed E-state index contributed by atoms with van der Waals surface area (Å²) in [6.07, 6.45) is 0.865. The number of anilines is 1. The minimum Gasteiger partial charge on any atom is -0.376 e. The largest absolute Gasteiger partial charge is 0.376 e. The Labute approximate surface area is 122 Å². The highest BCUT2D eigenvalue weighted by molar-refractivity contribution is 7.11. The topological polar surface area (TPSA) is 55.2 Å². The molecular weight excluding hydrogens is 272 g/mol. The molecule has 0 aliphatic rings. The van der Waals surface area contributed by atoms with Crippen molar-refractivity contribution < 1.29 is 4.92 Å². The normalized spacial score (nSPS) is 12.2. The van der Waals surface area contributed by atoms with E-state index in [-0.39, 0.29) is 16.7 Å². The van der Waals surface area contributed by atoms with Gasteiger partial charge in [-0.15, -0.1) is 11.3 Å². The van der Waals surface area contributed by atoms with Gasteiger partial charge in [0, 0.05) is 28.3 Å². The first-order valence-corrected chi connectivity index (χ1v) is 7.35. The molecule has 0 saturated carbocycles. The molecular formula is C15H18N2O2S. The predicted octanol–water partition coefficient (Wildman–Crippen LogP) is 4.32. The van der Waals surface area contributed by atoms with Crippen LogP contribution in [-0.2, 0) is 6.42 Å². The second-order valence-electron chi connectivity index (χ2n) is 4.99. The number of para-hydroxylation sites is 1. The minimum atomic E-state index is -0.336. The Morgan fingerprint density at radius 1 is 1.30 bits per heavy atom. The monoisotopic (exact) mass is 290 g/mol. The van der Waals surface area contributed by atoms with Crippen molar-refractivity contribution in [2.75, 3.05) is 5.32 Å². The molecule has 106 valence electrons. The summed E-state index contributed by atoms with van der Waals surface area (Å²) in [5, 5.41) is 14.4. The second kappa shape index (κ2) is 6.05. The molecule has 4 nitrogen and oxygen atoms in total. The van der Waals surface area contributed by atoms with Crippen molar-refractivity contribution in [1.29, 1.82) is 0 Å². The van der Waals surface area contributed by atoms with Crippen molar-refractivity contribution in [1.82, 2.24) is 0 Å². The van der Waals surface area contributed by atoms with Gasteiger partial charge in [0.1, 0.15) is 5.69 Å². The van der Waals surface area contributed by atoms with Crippen LogP contribution in [0, 0.1) is 24.0 Å². The first-order chi connectivity index (χ1) is 9.47. The van der Waals surface area contributed by atoms with Crippen LogP contribution < -0.4 is 5.32 Å². The average molecular weight is 290 g/mol. The van der Waals surface area contributed by atoms with Gasteiger partial charge in [0.2, 0.25) is 0 Å². The van der Waals surface area contributed by atoms with E-state index in [9.17, 15) is 10.1 Å². The Bertz CT molecular complexity index is 622. The molecule has 20 heavy (non-hydrogen) atoms. The molecule has 1 N–H and O–H groups in total. The number of hydrogen-bond acceptors (Lipinski definition) is 4. The molecule has 0 spiro atoms. The van der Waals surface area contributed by atoms with Crippen LogP contribution in [0.25, 0.3) is 0 Å². The molecule has 2 aromatic rings. The smallest absolute Gasteiger partial charge is 0.292 e. The molecule has 0 radical (unpaired) electrons. The molecule has 0 aliphatic carbocycles. The van der Waals surface area contributed by atoms with E-state index in [4.69, 9.17) is 0 Å². The zero-order valence-corrected chi connectivity index (χ0v) is 12.7. The number of benzene rings is 1. The molecule has 1 unspecified atom stereocenters. The van der Waals surface area contributed by atoms with E-state index in [1.54, 1.807) is 17.4 Å². The van der Waals surface area contributed by atoms with Crippen molar-refractivity contribution in [3.05, 3.63) is 55.8 Å². The number of aryl methyl sites for hydroxylation is 2. The zero-order chi connectivity index (χ0) is 14.7. The highest BCUT2D eigenvalue weighted by Gasteiger charge is 2.17. The summed E-state index contributed by atoms with van der Waals surface area (Å²) in [7, 11) is 0. The molecule has 1 aromatic carbocycles. The lowest BCUT2D eigenvalue weighted by Crippen LogP contribution is -2.19. The van der Waals surface area contributed by atoms with Crippen molar-refractivity contribution in [2.45, 2.75) is 33.2 Å². The molecule has 1 atom stereocenters. The van der Waals surface area contributed by atoms with Gasteiger partial charge in [-0.2, -0.15) is 0 Å². The van der Waals surface area contributed by atoms with Crippen molar-refractivity contribution in [3.8, 4) is 0 Å². The van der Waals surface area contributed by atoms with Crippen LogP contribution in [-0.4, -0.2) is 11.0 Å². The number of nitro benzene ring substituents is 1. The van der Waals surface area contributed by atoms with Crippen LogP contribution in [0.1, 0.15) is 22.2 Å². The SMILES string of the molecule is Cc1ccc(CC(C)Nc2c(C)cccc2[N+](=O)[O-])s1. The van der Waals surface area contributed by atoms with Crippen LogP contribution in [0.3, 0.4) is 0 Å². The molecule has 0 amide bonds. The second-order valence-corrected chi connectivity index (χ2v) is 6.36. The van der Waals surface area contributed by atoms with E-state index in [1.165, 1.54) is 15.8 Å². The molecule has 0 bridgehead atoms. The van der Waals surface area contributed by atoms with E-state index in [0.717, 1.165) is 12.0 Å². The fourth-order valence-corrected chi connectivity index (χ4v) is 3.21. The quantitative estimate of drug-likeness (QED) is 0.659. The summed E-state index contributed by atoms with van der Waals surface area (Å²) in [6, 6.07) is 9.50. The minimum absolute atomic E-state index is 0.138. The van der Waals surface area contributed by atoms with Gasteiger partial charge in [-0.3, -0.25) is 10.1 Å². The van der Waals surface area contributed by atoms with E-state index in [1.807, 2.05) is 19.9 Å². The molecule has 0 aliphatic heterocycles. The summed E-state index contributed by atoms with van der Waals surface area (Å²) in [6.45, 7) is 6.01. The average Bonchev–Trinajstić information content (AvgIpc) is 2.77. The Kier molecular flexibility index (Phi) is 4.39. The maximum absolute atomic E-state index is 11.1. The number of rotatable bonds is 5. The summed E-state index contributed by atoms with van der Waals surface area (Å²) in [4.78, 5) is 13.3. The Morgan fingerprint density at radius 3 is 2.65 bits per heavy atom. The Morgan fingerprint density at radius 2 is 2.05 bits per heavy atom. The highest BCUT2D eigenvalue weighted by atomic mass is 32.1. The van der Waals surface area contributed by atoms with Crippen molar-refractivity contribution >= 4 is 22.7 Å². The maximum atomic E-state index is 11.1. The molecule has 0 saturated heterocycles. The molecule has 5 heteroatoms. The fraction of sp³-hybridized carbons (Fsp3) is 0.333.